The van der Waals surface area contributed by atoms with Gasteiger partial charge >= 0.3 is 0 Å². The fourth-order valence-electron chi connectivity index (χ4n) is 1.70. The number of aromatic nitrogens is 1. The molecule has 1 rings (SSSR count). The van der Waals surface area contributed by atoms with Crippen molar-refractivity contribution in [2.75, 3.05) is 13.1 Å². The number of hydrogen-bond donors (Lipinski definition) is 1. The second kappa shape index (κ2) is 6.96. The Hall–Kier alpha value is -0.410. The summed E-state index contributed by atoms with van der Waals surface area (Å²) in [6.07, 6.45) is 3.75. The average molecular weight is 226 g/mol. The number of hydrogen-bond acceptors (Lipinski definition) is 3. The minimum atomic E-state index is 0.812. The van der Waals surface area contributed by atoms with Crippen LogP contribution in [0.15, 0.2) is 5.51 Å². The van der Waals surface area contributed by atoms with Gasteiger partial charge in [-0.1, -0.05) is 20.3 Å². The van der Waals surface area contributed by atoms with E-state index in [0.29, 0.717) is 0 Å². The molecule has 3 heteroatoms. The number of nitrogens with one attached hydrogen (secondary N) is 1. The van der Waals surface area contributed by atoms with Crippen molar-refractivity contribution in [1.29, 1.82) is 0 Å². The number of rotatable bonds is 7. The lowest BCUT2D eigenvalue weighted by atomic mass is 9.99. The van der Waals surface area contributed by atoms with Gasteiger partial charge in [-0.15, -0.1) is 11.3 Å². The molecule has 1 atom stereocenters. The van der Waals surface area contributed by atoms with Crippen LogP contribution in [0.25, 0.3) is 0 Å². The molecule has 1 unspecified atom stereocenters. The van der Waals surface area contributed by atoms with Gasteiger partial charge in [-0.3, -0.25) is 0 Å². The third-order valence-electron chi connectivity index (χ3n) is 2.88. The molecule has 0 saturated carbocycles. The van der Waals surface area contributed by atoms with Crippen LogP contribution < -0.4 is 5.32 Å². The van der Waals surface area contributed by atoms with Crippen molar-refractivity contribution >= 4 is 11.3 Å². The van der Waals surface area contributed by atoms with E-state index >= 15 is 0 Å². The van der Waals surface area contributed by atoms with Crippen LogP contribution in [0.3, 0.4) is 0 Å². The first-order valence-corrected chi connectivity index (χ1v) is 6.75. The van der Waals surface area contributed by atoms with Crippen molar-refractivity contribution in [1.82, 2.24) is 10.3 Å². The lowest BCUT2D eigenvalue weighted by Crippen LogP contribution is -2.22. The molecule has 0 amide bonds. The lowest BCUT2D eigenvalue weighted by molar-refractivity contribution is 0.440. The minimum absolute atomic E-state index is 0.812. The summed E-state index contributed by atoms with van der Waals surface area (Å²) in [5.41, 5.74) is 3.17. The summed E-state index contributed by atoms with van der Waals surface area (Å²) in [4.78, 5) is 5.75. The summed E-state index contributed by atoms with van der Waals surface area (Å²) in [6.45, 7) is 8.79. The molecule has 86 valence electrons. The molecule has 1 aromatic rings. The van der Waals surface area contributed by atoms with E-state index in [-0.39, 0.29) is 0 Å². The number of nitrogens with zero attached hydrogens (tertiary/aromatic N) is 1. The predicted molar refractivity (Wildman–Crippen MR) is 67.5 cm³/mol. The molecule has 0 aliphatic carbocycles. The van der Waals surface area contributed by atoms with Gasteiger partial charge in [-0.05, 0) is 38.8 Å². The van der Waals surface area contributed by atoms with Gasteiger partial charge in [0, 0.05) is 4.88 Å². The molecule has 1 heterocycles. The van der Waals surface area contributed by atoms with E-state index in [2.05, 4.69) is 31.1 Å². The third kappa shape index (κ3) is 4.31. The molecule has 1 N–H and O–H groups in total. The average Bonchev–Trinajstić information content (AvgIpc) is 2.65. The monoisotopic (exact) mass is 226 g/mol. The van der Waals surface area contributed by atoms with Crippen molar-refractivity contribution < 1.29 is 0 Å². The highest BCUT2D eigenvalue weighted by Gasteiger charge is 2.08. The zero-order valence-corrected chi connectivity index (χ0v) is 10.9. The van der Waals surface area contributed by atoms with Crippen molar-refractivity contribution in [3.8, 4) is 0 Å². The Morgan fingerprint density at radius 1 is 1.47 bits per heavy atom. The Balaban J connectivity index is 2.31. The predicted octanol–water partition coefficient (Wildman–Crippen LogP) is 3.02. The van der Waals surface area contributed by atoms with Crippen LogP contribution >= 0.6 is 11.3 Å². The van der Waals surface area contributed by atoms with E-state index < -0.39 is 0 Å². The van der Waals surface area contributed by atoms with Gasteiger partial charge in [-0.25, -0.2) is 4.98 Å². The van der Waals surface area contributed by atoms with Crippen LogP contribution in [0.1, 0.15) is 37.3 Å². The van der Waals surface area contributed by atoms with Gasteiger partial charge in [0.05, 0.1) is 11.2 Å². The van der Waals surface area contributed by atoms with Gasteiger partial charge in [0.2, 0.25) is 0 Å². The maximum atomic E-state index is 4.29. The van der Waals surface area contributed by atoms with E-state index in [1.807, 2.05) is 5.51 Å². The van der Waals surface area contributed by atoms with Crippen LogP contribution in [0.5, 0.6) is 0 Å². The van der Waals surface area contributed by atoms with Crippen molar-refractivity contribution in [2.45, 2.75) is 40.0 Å². The molecule has 0 aromatic carbocycles. The fourth-order valence-corrected chi connectivity index (χ4v) is 2.50. The lowest BCUT2D eigenvalue weighted by Gasteiger charge is -2.14. The third-order valence-corrected chi connectivity index (χ3v) is 3.88. The Morgan fingerprint density at radius 2 is 2.27 bits per heavy atom. The summed E-state index contributed by atoms with van der Waals surface area (Å²) in [7, 11) is 0. The molecular weight excluding hydrogens is 204 g/mol. The second-order valence-electron chi connectivity index (χ2n) is 3.98. The van der Waals surface area contributed by atoms with Gasteiger partial charge in [0.25, 0.3) is 0 Å². The van der Waals surface area contributed by atoms with Crippen molar-refractivity contribution in [3.63, 3.8) is 0 Å². The quantitative estimate of drug-likeness (QED) is 0.773. The molecule has 0 saturated heterocycles. The Kier molecular flexibility index (Phi) is 5.88. The van der Waals surface area contributed by atoms with E-state index in [1.165, 1.54) is 29.8 Å². The Morgan fingerprint density at radius 3 is 2.80 bits per heavy atom. The van der Waals surface area contributed by atoms with Crippen LogP contribution in [-0.4, -0.2) is 18.1 Å². The maximum absolute atomic E-state index is 4.29. The normalized spacial score (nSPS) is 13.0. The zero-order valence-electron chi connectivity index (χ0n) is 10.0. The topological polar surface area (TPSA) is 24.9 Å². The molecule has 0 bridgehead atoms. The second-order valence-corrected chi connectivity index (χ2v) is 4.92. The Bertz CT molecular complexity index is 270. The first-order valence-electron chi connectivity index (χ1n) is 5.87. The summed E-state index contributed by atoms with van der Waals surface area (Å²) in [6, 6.07) is 0. The smallest absolute Gasteiger partial charge is 0.0797 e. The number of aryl methyl sites for hydroxylation is 2. The molecule has 0 aliphatic rings. The van der Waals surface area contributed by atoms with Gasteiger partial charge in [-0.2, -0.15) is 0 Å². The van der Waals surface area contributed by atoms with Gasteiger partial charge < -0.3 is 5.32 Å². The highest BCUT2D eigenvalue weighted by atomic mass is 32.1. The number of thiazole rings is 1. The van der Waals surface area contributed by atoms with Crippen LogP contribution in [0.2, 0.25) is 0 Å². The molecule has 0 radical (unpaired) electrons. The molecule has 15 heavy (non-hydrogen) atoms. The highest BCUT2D eigenvalue weighted by Crippen LogP contribution is 2.18. The molecular formula is C12H22N2S. The van der Waals surface area contributed by atoms with E-state index in [9.17, 15) is 0 Å². The van der Waals surface area contributed by atoms with Crippen LogP contribution in [0, 0.1) is 12.8 Å². The maximum Gasteiger partial charge on any atom is 0.0797 e. The van der Waals surface area contributed by atoms with Gasteiger partial charge in [0.15, 0.2) is 0 Å². The summed E-state index contributed by atoms with van der Waals surface area (Å²) < 4.78 is 0. The molecule has 1 aromatic heterocycles. The van der Waals surface area contributed by atoms with Crippen LogP contribution in [0.4, 0.5) is 0 Å². The zero-order chi connectivity index (χ0) is 11.1. The molecule has 0 spiro atoms. The van der Waals surface area contributed by atoms with Crippen molar-refractivity contribution in [2.24, 2.45) is 5.92 Å². The molecule has 0 aliphatic heterocycles. The fraction of sp³-hybridized carbons (Fsp3) is 0.750. The standard InChI is InChI=1S/C12H22N2S/c1-4-11(8-13-5-2)6-7-12-10(3)14-9-15-12/h9,11,13H,4-8H2,1-3H3. The van der Waals surface area contributed by atoms with E-state index in [0.717, 1.165) is 19.0 Å². The Labute approximate surface area is 97.1 Å². The largest absolute Gasteiger partial charge is 0.317 e. The summed E-state index contributed by atoms with van der Waals surface area (Å²) >= 11 is 1.79. The first-order chi connectivity index (χ1) is 7.27. The molecule has 2 nitrogen and oxygen atoms in total. The van der Waals surface area contributed by atoms with Gasteiger partial charge in [0.1, 0.15) is 0 Å². The van der Waals surface area contributed by atoms with Crippen LogP contribution in [-0.2, 0) is 6.42 Å². The molecule has 0 fully saturated rings. The minimum Gasteiger partial charge on any atom is -0.317 e. The highest BCUT2D eigenvalue weighted by molar-refractivity contribution is 7.09. The summed E-state index contributed by atoms with van der Waals surface area (Å²) in [5, 5.41) is 3.43. The SMILES string of the molecule is CCNCC(CC)CCc1scnc1C. The first kappa shape index (κ1) is 12.7. The van der Waals surface area contributed by atoms with E-state index in [1.54, 1.807) is 11.3 Å². The van der Waals surface area contributed by atoms with Crippen molar-refractivity contribution in [3.05, 3.63) is 16.1 Å². The van der Waals surface area contributed by atoms with E-state index in [4.69, 9.17) is 0 Å². The summed E-state index contributed by atoms with van der Waals surface area (Å²) in [5.74, 6) is 0.812.